The van der Waals surface area contributed by atoms with Gasteiger partial charge in [-0.05, 0) is 37.0 Å². The molecule has 2 fully saturated rings. The topological polar surface area (TPSA) is 0 Å². The molecule has 0 bridgehead atoms. The molecule has 2 aliphatic rings. The van der Waals surface area contributed by atoms with Crippen LogP contribution in [0.5, 0.6) is 0 Å². The molecule has 0 nitrogen and oxygen atoms in total. The Labute approximate surface area is 57.6 Å². The highest BCUT2D eigenvalue weighted by molar-refractivity contribution is 4.98. The summed E-state index contributed by atoms with van der Waals surface area (Å²) in [6.07, 6.45) is 9.18. The van der Waals surface area contributed by atoms with Gasteiger partial charge >= 0.3 is 0 Å². The maximum absolute atomic E-state index is 2.37. The summed E-state index contributed by atoms with van der Waals surface area (Å²) in [6.45, 7) is 2.37. The standard InChI is InChI=1S/C9H16/c1-2-9-6-3-4-8(9)5-7-9/h8H,2-7H2,1H3. The van der Waals surface area contributed by atoms with Gasteiger partial charge in [-0.25, -0.2) is 0 Å². The molecule has 0 saturated heterocycles. The van der Waals surface area contributed by atoms with Crippen LogP contribution in [0, 0.1) is 11.3 Å². The number of rotatable bonds is 1. The highest BCUT2D eigenvalue weighted by Crippen LogP contribution is 2.59. The molecule has 2 atom stereocenters. The van der Waals surface area contributed by atoms with Gasteiger partial charge in [0.1, 0.15) is 0 Å². The molecule has 0 N–H and O–H groups in total. The SMILES string of the molecule is CCC12CCCC1CC2. The van der Waals surface area contributed by atoms with Crippen LogP contribution >= 0.6 is 0 Å². The predicted octanol–water partition coefficient (Wildman–Crippen LogP) is 2.98. The monoisotopic (exact) mass is 124 g/mol. The molecule has 0 heterocycles. The van der Waals surface area contributed by atoms with Crippen LogP contribution in [0.2, 0.25) is 0 Å². The van der Waals surface area contributed by atoms with Gasteiger partial charge in [-0.1, -0.05) is 19.8 Å². The summed E-state index contributed by atoms with van der Waals surface area (Å²) in [7, 11) is 0. The molecule has 2 rings (SSSR count). The van der Waals surface area contributed by atoms with E-state index in [1.165, 1.54) is 12.8 Å². The van der Waals surface area contributed by atoms with E-state index in [9.17, 15) is 0 Å². The van der Waals surface area contributed by atoms with Crippen molar-refractivity contribution in [2.24, 2.45) is 11.3 Å². The molecule has 0 aromatic heterocycles. The molecule has 2 unspecified atom stereocenters. The van der Waals surface area contributed by atoms with E-state index >= 15 is 0 Å². The third-order valence-corrected chi connectivity index (χ3v) is 3.79. The Morgan fingerprint density at radius 3 is 2.56 bits per heavy atom. The largest absolute Gasteiger partial charge is 0.0648 e. The fraction of sp³-hybridized carbons (Fsp3) is 1.00. The second-order valence-corrected chi connectivity index (χ2v) is 3.84. The Hall–Kier alpha value is 0. The second-order valence-electron chi connectivity index (χ2n) is 3.84. The van der Waals surface area contributed by atoms with Crippen LogP contribution in [0.4, 0.5) is 0 Å². The Balaban J connectivity index is 2.10. The average molecular weight is 124 g/mol. The van der Waals surface area contributed by atoms with Gasteiger partial charge in [-0.3, -0.25) is 0 Å². The molecule has 9 heavy (non-hydrogen) atoms. The third kappa shape index (κ3) is 0.595. The minimum Gasteiger partial charge on any atom is -0.0648 e. The summed E-state index contributed by atoms with van der Waals surface area (Å²) in [4.78, 5) is 0. The summed E-state index contributed by atoms with van der Waals surface area (Å²) in [6, 6.07) is 0. The van der Waals surface area contributed by atoms with Gasteiger partial charge in [0.05, 0.1) is 0 Å². The first-order valence-electron chi connectivity index (χ1n) is 4.37. The zero-order valence-electron chi connectivity index (χ0n) is 6.32. The third-order valence-electron chi connectivity index (χ3n) is 3.79. The van der Waals surface area contributed by atoms with Crippen molar-refractivity contribution < 1.29 is 0 Å². The van der Waals surface area contributed by atoms with Gasteiger partial charge in [0, 0.05) is 0 Å². The van der Waals surface area contributed by atoms with Crippen molar-refractivity contribution in [3.63, 3.8) is 0 Å². The Morgan fingerprint density at radius 2 is 2.22 bits per heavy atom. The van der Waals surface area contributed by atoms with Crippen molar-refractivity contribution >= 4 is 0 Å². The smallest absolute Gasteiger partial charge is 0.0272 e. The van der Waals surface area contributed by atoms with Crippen LogP contribution in [0.1, 0.15) is 45.4 Å². The molecule has 0 aliphatic heterocycles. The first-order chi connectivity index (χ1) is 4.37. The Kier molecular flexibility index (Phi) is 1.12. The van der Waals surface area contributed by atoms with Crippen molar-refractivity contribution in [1.29, 1.82) is 0 Å². The summed E-state index contributed by atoms with van der Waals surface area (Å²) in [5, 5.41) is 0. The van der Waals surface area contributed by atoms with Gasteiger partial charge in [0.25, 0.3) is 0 Å². The first kappa shape index (κ1) is 5.76. The van der Waals surface area contributed by atoms with E-state index in [1.807, 2.05) is 0 Å². The predicted molar refractivity (Wildman–Crippen MR) is 39.3 cm³/mol. The molecule has 2 saturated carbocycles. The first-order valence-corrected chi connectivity index (χ1v) is 4.37. The maximum Gasteiger partial charge on any atom is -0.0272 e. The molecule has 0 heteroatoms. The zero-order valence-corrected chi connectivity index (χ0v) is 6.32. The van der Waals surface area contributed by atoms with Crippen LogP contribution in [0.3, 0.4) is 0 Å². The molecule has 0 radical (unpaired) electrons. The molecule has 0 amide bonds. The van der Waals surface area contributed by atoms with Gasteiger partial charge in [-0.15, -0.1) is 0 Å². The second kappa shape index (κ2) is 1.74. The van der Waals surface area contributed by atoms with Crippen molar-refractivity contribution in [1.82, 2.24) is 0 Å². The van der Waals surface area contributed by atoms with Crippen LogP contribution in [0.15, 0.2) is 0 Å². The highest BCUT2D eigenvalue weighted by Gasteiger charge is 2.47. The van der Waals surface area contributed by atoms with Gasteiger partial charge in [0.15, 0.2) is 0 Å². The normalized spacial score (nSPS) is 48.3. The highest BCUT2D eigenvalue weighted by atomic mass is 14.5. The van der Waals surface area contributed by atoms with Crippen LogP contribution in [0.25, 0.3) is 0 Å². The molecule has 0 spiro atoms. The minimum absolute atomic E-state index is 0.875. The molecular formula is C9H16. The maximum atomic E-state index is 2.37. The van der Waals surface area contributed by atoms with Gasteiger partial charge < -0.3 is 0 Å². The number of hydrogen-bond donors (Lipinski definition) is 0. The molecule has 2 aliphatic carbocycles. The lowest BCUT2D eigenvalue weighted by molar-refractivity contribution is 0.0601. The summed E-state index contributed by atoms with van der Waals surface area (Å²) in [5.41, 5.74) is 0.875. The van der Waals surface area contributed by atoms with E-state index in [4.69, 9.17) is 0 Å². The van der Waals surface area contributed by atoms with Crippen LogP contribution in [-0.2, 0) is 0 Å². The van der Waals surface area contributed by atoms with Crippen molar-refractivity contribution in [2.45, 2.75) is 45.4 Å². The van der Waals surface area contributed by atoms with E-state index in [1.54, 1.807) is 25.7 Å². The molecule has 0 aromatic rings. The van der Waals surface area contributed by atoms with Crippen molar-refractivity contribution in [2.75, 3.05) is 0 Å². The zero-order chi connectivity index (χ0) is 6.32. The van der Waals surface area contributed by atoms with Crippen molar-refractivity contribution in [3.8, 4) is 0 Å². The lowest BCUT2D eigenvalue weighted by atomic mass is 9.61. The van der Waals surface area contributed by atoms with E-state index in [0.717, 1.165) is 11.3 Å². The van der Waals surface area contributed by atoms with E-state index in [0.29, 0.717) is 0 Å². The van der Waals surface area contributed by atoms with Crippen molar-refractivity contribution in [3.05, 3.63) is 0 Å². The van der Waals surface area contributed by atoms with E-state index in [-0.39, 0.29) is 0 Å². The lowest BCUT2D eigenvalue weighted by Crippen LogP contribution is -2.34. The lowest BCUT2D eigenvalue weighted by Gasteiger charge is -2.44. The van der Waals surface area contributed by atoms with Crippen LogP contribution < -0.4 is 0 Å². The minimum atomic E-state index is 0.875. The number of fused-ring (bicyclic) bond motifs is 1. The summed E-state index contributed by atoms with van der Waals surface area (Å²) in [5.74, 6) is 1.16. The fourth-order valence-corrected chi connectivity index (χ4v) is 2.88. The van der Waals surface area contributed by atoms with E-state index in [2.05, 4.69) is 6.92 Å². The van der Waals surface area contributed by atoms with Crippen LogP contribution in [-0.4, -0.2) is 0 Å². The summed E-state index contributed by atoms with van der Waals surface area (Å²) >= 11 is 0. The molecule has 52 valence electrons. The summed E-state index contributed by atoms with van der Waals surface area (Å²) < 4.78 is 0. The number of hydrogen-bond acceptors (Lipinski definition) is 0. The van der Waals surface area contributed by atoms with Gasteiger partial charge in [0.2, 0.25) is 0 Å². The fourth-order valence-electron chi connectivity index (χ4n) is 2.88. The van der Waals surface area contributed by atoms with E-state index < -0.39 is 0 Å². The molecular weight excluding hydrogens is 108 g/mol. The molecule has 0 aromatic carbocycles. The average Bonchev–Trinajstić information content (AvgIpc) is 2.10. The van der Waals surface area contributed by atoms with Gasteiger partial charge in [-0.2, -0.15) is 0 Å². The Morgan fingerprint density at radius 1 is 1.33 bits per heavy atom. The quantitative estimate of drug-likeness (QED) is 0.504. The Bertz CT molecular complexity index is 113.